The number of halogens is 3. The maximum absolute atomic E-state index is 13.9. The summed E-state index contributed by atoms with van der Waals surface area (Å²) in [6.45, 7) is -0.595. The zero-order chi connectivity index (χ0) is 16.6. The molecule has 3 rings (SSSR count). The van der Waals surface area contributed by atoms with Crippen molar-refractivity contribution >= 4 is 28.8 Å². The van der Waals surface area contributed by atoms with Crippen LogP contribution in [0, 0.1) is 11.6 Å². The first-order valence-corrected chi connectivity index (χ1v) is 6.91. The Labute approximate surface area is 133 Å². The molecule has 2 heterocycles. The highest BCUT2D eigenvalue weighted by molar-refractivity contribution is 6.31. The number of benzene rings is 1. The normalized spacial score (nSPS) is 11.0. The number of rotatable bonds is 3. The van der Waals surface area contributed by atoms with Crippen LogP contribution in [0.1, 0.15) is 5.56 Å². The molecule has 118 valence electrons. The van der Waals surface area contributed by atoms with Crippen molar-refractivity contribution in [1.29, 1.82) is 0 Å². The van der Waals surface area contributed by atoms with E-state index in [1.54, 1.807) is 0 Å². The van der Waals surface area contributed by atoms with Gasteiger partial charge in [0.15, 0.2) is 11.5 Å². The van der Waals surface area contributed by atoms with E-state index in [2.05, 4.69) is 10.3 Å². The fraction of sp³-hybridized carbons (Fsp3) is 0.0667. The molecule has 0 aliphatic carbocycles. The van der Waals surface area contributed by atoms with E-state index in [0.717, 1.165) is 10.5 Å². The lowest BCUT2D eigenvalue weighted by Crippen LogP contribution is -2.22. The molecule has 0 aliphatic rings. The molecule has 0 radical (unpaired) electrons. The highest BCUT2D eigenvalue weighted by atomic mass is 35.5. The summed E-state index contributed by atoms with van der Waals surface area (Å²) in [5.74, 6) is -1.31. The number of aliphatic hydroxyl groups excluding tert-OH is 1. The van der Waals surface area contributed by atoms with Crippen LogP contribution in [-0.2, 0) is 6.61 Å². The summed E-state index contributed by atoms with van der Waals surface area (Å²) in [7, 11) is 0. The van der Waals surface area contributed by atoms with Crippen molar-refractivity contribution in [3.05, 3.63) is 69.1 Å². The molecule has 0 saturated heterocycles. The largest absolute Gasteiger partial charge is 0.391 e. The quantitative estimate of drug-likeness (QED) is 0.771. The number of hydrogen-bond acceptors (Lipinski definition) is 4. The van der Waals surface area contributed by atoms with Crippen LogP contribution in [0.25, 0.3) is 5.65 Å². The molecule has 0 unspecified atom stereocenters. The van der Waals surface area contributed by atoms with Crippen molar-refractivity contribution in [3.8, 4) is 0 Å². The molecule has 0 amide bonds. The zero-order valence-corrected chi connectivity index (χ0v) is 12.3. The molecule has 0 atom stereocenters. The fourth-order valence-corrected chi connectivity index (χ4v) is 2.30. The number of aromatic nitrogens is 2. The van der Waals surface area contributed by atoms with Crippen molar-refractivity contribution in [3.63, 3.8) is 0 Å². The molecular formula is C15H10ClF2N3O2. The Kier molecular flexibility index (Phi) is 3.97. The van der Waals surface area contributed by atoms with Gasteiger partial charge in [-0.15, -0.1) is 0 Å². The topological polar surface area (TPSA) is 66.6 Å². The molecule has 0 bridgehead atoms. The Morgan fingerprint density at radius 1 is 1.26 bits per heavy atom. The van der Waals surface area contributed by atoms with Gasteiger partial charge in [0.2, 0.25) is 0 Å². The monoisotopic (exact) mass is 337 g/mol. The van der Waals surface area contributed by atoms with Gasteiger partial charge in [-0.25, -0.2) is 13.8 Å². The Morgan fingerprint density at radius 2 is 2.04 bits per heavy atom. The molecule has 0 fully saturated rings. The van der Waals surface area contributed by atoms with E-state index in [9.17, 15) is 18.7 Å². The van der Waals surface area contributed by atoms with Gasteiger partial charge in [-0.3, -0.25) is 9.20 Å². The predicted molar refractivity (Wildman–Crippen MR) is 82.0 cm³/mol. The summed E-state index contributed by atoms with van der Waals surface area (Å²) in [5.41, 5.74) is -0.495. The number of fused-ring (bicyclic) bond motifs is 1. The van der Waals surface area contributed by atoms with Gasteiger partial charge in [0.1, 0.15) is 11.6 Å². The van der Waals surface area contributed by atoms with Crippen LogP contribution in [0.15, 0.2) is 41.3 Å². The van der Waals surface area contributed by atoms with Crippen LogP contribution in [0.3, 0.4) is 0 Å². The minimum Gasteiger partial charge on any atom is -0.391 e. The summed E-state index contributed by atoms with van der Waals surface area (Å²) in [5, 5.41) is 12.1. The Morgan fingerprint density at radius 3 is 2.74 bits per heavy atom. The SMILES string of the molecule is O=c1c(CO)c(Nc2ccc(F)c(Cl)c2)nc2c(F)cccn12. The van der Waals surface area contributed by atoms with Crippen LogP contribution in [0.2, 0.25) is 5.02 Å². The first-order valence-electron chi connectivity index (χ1n) is 6.54. The minimum atomic E-state index is -0.686. The summed E-state index contributed by atoms with van der Waals surface area (Å²) in [6, 6.07) is 6.34. The van der Waals surface area contributed by atoms with Crippen LogP contribution >= 0.6 is 11.6 Å². The third-order valence-corrected chi connectivity index (χ3v) is 3.53. The summed E-state index contributed by atoms with van der Waals surface area (Å²) in [6.07, 6.45) is 1.35. The lowest BCUT2D eigenvalue weighted by Gasteiger charge is -2.12. The standard InChI is InChI=1S/C15H10ClF2N3O2/c16-10-6-8(3-4-11(10)17)19-13-9(7-22)15(23)21-5-1-2-12(18)14(21)20-13/h1-6,19,22H,7H2. The van der Waals surface area contributed by atoms with E-state index >= 15 is 0 Å². The van der Waals surface area contributed by atoms with Gasteiger partial charge < -0.3 is 10.4 Å². The van der Waals surface area contributed by atoms with Crippen molar-refractivity contribution in [2.75, 3.05) is 5.32 Å². The molecular weight excluding hydrogens is 328 g/mol. The van der Waals surface area contributed by atoms with Crippen LogP contribution < -0.4 is 10.9 Å². The zero-order valence-electron chi connectivity index (χ0n) is 11.6. The third kappa shape index (κ3) is 2.76. The number of aliphatic hydroxyl groups is 1. The molecule has 0 saturated carbocycles. The van der Waals surface area contributed by atoms with Crippen molar-refractivity contribution in [2.24, 2.45) is 0 Å². The van der Waals surface area contributed by atoms with Gasteiger partial charge >= 0.3 is 0 Å². The molecule has 23 heavy (non-hydrogen) atoms. The number of anilines is 2. The Hall–Kier alpha value is -2.51. The van der Waals surface area contributed by atoms with Crippen molar-refractivity contribution in [1.82, 2.24) is 9.38 Å². The summed E-state index contributed by atoms with van der Waals surface area (Å²) >= 11 is 5.69. The van der Waals surface area contributed by atoms with Gasteiger partial charge in [0.25, 0.3) is 5.56 Å². The van der Waals surface area contributed by atoms with E-state index in [0.29, 0.717) is 5.69 Å². The predicted octanol–water partition coefficient (Wildman–Crippen LogP) is 2.86. The smallest absolute Gasteiger partial charge is 0.265 e. The van der Waals surface area contributed by atoms with Crippen LogP contribution in [0.4, 0.5) is 20.3 Å². The molecule has 0 spiro atoms. The molecule has 2 N–H and O–H groups in total. The first-order chi connectivity index (χ1) is 11.0. The highest BCUT2D eigenvalue weighted by Gasteiger charge is 2.15. The number of nitrogens with one attached hydrogen (secondary N) is 1. The number of nitrogens with zero attached hydrogens (tertiary/aromatic N) is 2. The van der Waals surface area contributed by atoms with Crippen molar-refractivity contribution in [2.45, 2.75) is 6.61 Å². The van der Waals surface area contributed by atoms with E-state index in [4.69, 9.17) is 11.6 Å². The second-order valence-corrected chi connectivity index (χ2v) is 5.11. The van der Waals surface area contributed by atoms with Crippen LogP contribution in [0.5, 0.6) is 0 Å². The maximum atomic E-state index is 13.9. The van der Waals surface area contributed by atoms with E-state index in [1.807, 2.05) is 0 Å². The third-order valence-electron chi connectivity index (χ3n) is 3.24. The van der Waals surface area contributed by atoms with Gasteiger partial charge in [-0.05, 0) is 30.3 Å². The second kappa shape index (κ2) is 5.94. The maximum Gasteiger partial charge on any atom is 0.265 e. The van der Waals surface area contributed by atoms with Crippen LogP contribution in [-0.4, -0.2) is 14.5 Å². The fourth-order valence-electron chi connectivity index (χ4n) is 2.12. The molecule has 3 aromatic rings. The van der Waals surface area contributed by atoms with Gasteiger partial charge in [-0.1, -0.05) is 11.6 Å². The van der Waals surface area contributed by atoms with E-state index in [1.165, 1.54) is 30.5 Å². The Balaban J connectivity index is 2.18. The second-order valence-electron chi connectivity index (χ2n) is 4.71. The molecule has 2 aromatic heterocycles. The van der Waals surface area contributed by atoms with Crippen molar-refractivity contribution < 1.29 is 13.9 Å². The lowest BCUT2D eigenvalue weighted by atomic mass is 10.2. The lowest BCUT2D eigenvalue weighted by molar-refractivity contribution is 0.280. The average Bonchev–Trinajstić information content (AvgIpc) is 2.52. The number of hydrogen-bond donors (Lipinski definition) is 2. The number of pyridine rings is 1. The Bertz CT molecular complexity index is 959. The van der Waals surface area contributed by atoms with E-state index in [-0.39, 0.29) is 22.1 Å². The van der Waals surface area contributed by atoms with Gasteiger partial charge in [-0.2, -0.15) is 0 Å². The highest BCUT2D eigenvalue weighted by Crippen LogP contribution is 2.23. The summed E-state index contributed by atoms with van der Waals surface area (Å²) in [4.78, 5) is 16.3. The molecule has 5 nitrogen and oxygen atoms in total. The summed E-state index contributed by atoms with van der Waals surface area (Å²) < 4.78 is 28.0. The first kappa shape index (κ1) is 15.4. The molecule has 1 aromatic carbocycles. The average molecular weight is 338 g/mol. The molecule has 0 aliphatic heterocycles. The van der Waals surface area contributed by atoms with Gasteiger partial charge in [0, 0.05) is 11.9 Å². The van der Waals surface area contributed by atoms with E-state index < -0.39 is 23.8 Å². The minimum absolute atomic E-state index is 0.0229. The molecule has 8 heteroatoms. The van der Waals surface area contributed by atoms with Gasteiger partial charge in [0.05, 0.1) is 17.2 Å².